The Bertz CT molecular complexity index is 609. The third-order valence-electron chi connectivity index (χ3n) is 3.19. The Morgan fingerprint density at radius 3 is 3.05 bits per heavy atom. The highest BCUT2D eigenvalue weighted by Crippen LogP contribution is 2.08. The first kappa shape index (κ1) is 15.9. The highest BCUT2D eigenvalue weighted by Gasteiger charge is 2.10. The molecule has 22 heavy (non-hydrogen) atoms. The maximum atomic E-state index is 11.9. The van der Waals surface area contributed by atoms with Gasteiger partial charge in [-0.2, -0.15) is 0 Å². The molecule has 1 aromatic rings. The van der Waals surface area contributed by atoms with Gasteiger partial charge < -0.3 is 9.72 Å². The van der Waals surface area contributed by atoms with Crippen LogP contribution >= 0.6 is 0 Å². The maximum absolute atomic E-state index is 11.9. The molecular weight excluding hydrogens is 284 g/mol. The summed E-state index contributed by atoms with van der Waals surface area (Å²) in [7, 11) is 0. The Hall–Kier alpha value is -2.44. The van der Waals surface area contributed by atoms with Crippen LogP contribution in [0.1, 0.15) is 32.0 Å². The number of aromatic amines is 1. The van der Waals surface area contributed by atoms with E-state index in [1.807, 2.05) is 19.1 Å². The molecule has 0 radical (unpaired) electrons. The second-order valence-electron chi connectivity index (χ2n) is 4.98. The summed E-state index contributed by atoms with van der Waals surface area (Å²) in [4.78, 5) is 34.4. The Balaban J connectivity index is 1.86. The van der Waals surface area contributed by atoms with Gasteiger partial charge in [0.25, 0.3) is 5.56 Å². The molecule has 2 N–H and O–H groups in total. The van der Waals surface area contributed by atoms with Crippen molar-refractivity contribution in [2.24, 2.45) is 4.99 Å². The summed E-state index contributed by atoms with van der Waals surface area (Å²) in [5.74, 6) is 0.574. The number of anilines is 1. The Morgan fingerprint density at radius 2 is 2.36 bits per heavy atom. The van der Waals surface area contributed by atoms with Crippen molar-refractivity contribution in [3.05, 3.63) is 34.5 Å². The lowest BCUT2D eigenvalue weighted by Crippen LogP contribution is -2.22. The minimum atomic E-state index is -0.640. The van der Waals surface area contributed by atoms with Gasteiger partial charge in [0.1, 0.15) is 11.5 Å². The summed E-state index contributed by atoms with van der Waals surface area (Å²) in [5.41, 5.74) is -0.299. The van der Waals surface area contributed by atoms with Gasteiger partial charge in [-0.3, -0.25) is 15.1 Å². The van der Waals surface area contributed by atoms with Gasteiger partial charge in [0.15, 0.2) is 0 Å². The van der Waals surface area contributed by atoms with E-state index in [1.165, 1.54) is 6.20 Å². The zero-order chi connectivity index (χ0) is 15.8. The van der Waals surface area contributed by atoms with Crippen molar-refractivity contribution in [1.82, 2.24) is 9.97 Å². The monoisotopic (exact) mass is 304 g/mol. The van der Waals surface area contributed by atoms with E-state index in [0.717, 1.165) is 19.3 Å². The molecule has 1 aromatic heterocycles. The minimum Gasteiger partial charge on any atom is -0.449 e. The zero-order valence-electron chi connectivity index (χ0n) is 12.5. The average molecular weight is 304 g/mol. The third-order valence-corrected chi connectivity index (χ3v) is 3.19. The van der Waals surface area contributed by atoms with E-state index in [9.17, 15) is 9.59 Å². The number of amides is 1. The lowest BCUT2D eigenvalue weighted by atomic mass is 10.1. The summed E-state index contributed by atoms with van der Waals surface area (Å²) >= 11 is 0. The van der Waals surface area contributed by atoms with Crippen LogP contribution in [0.2, 0.25) is 0 Å². The van der Waals surface area contributed by atoms with Crippen molar-refractivity contribution >= 4 is 18.0 Å². The number of nitrogens with one attached hydrogen (secondary N) is 2. The number of ether oxygens (including phenoxy) is 1. The lowest BCUT2D eigenvalue weighted by molar-refractivity contribution is 0.160. The van der Waals surface area contributed by atoms with Crippen LogP contribution in [0.5, 0.6) is 0 Å². The molecule has 118 valence electrons. The molecule has 0 aliphatic carbocycles. The molecular formula is C15H20N4O3. The van der Waals surface area contributed by atoms with Crippen LogP contribution in [0.4, 0.5) is 10.5 Å². The van der Waals surface area contributed by atoms with Crippen LogP contribution in [-0.4, -0.2) is 34.9 Å². The van der Waals surface area contributed by atoms with Gasteiger partial charge in [0, 0.05) is 12.6 Å². The van der Waals surface area contributed by atoms with Gasteiger partial charge in [-0.1, -0.05) is 19.4 Å². The number of rotatable bonds is 7. The summed E-state index contributed by atoms with van der Waals surface area (Å²) in [6.45, 7) is 2.34. The fourth-order valence-electron chi connectivity index (χ4n) is 1.95. The van der Waals surface area contributed by atoms with E-state index >= 15 is 0 Å². The number of aryl methyl sites for hydroxylation is 1. The van der Waals surface area contributed by atoms with Crippen molar-refractivity contribution in [3.63, 3.8) is 0 Å². The molecule has 0 saturated heterocycles. The smallest absolute Gasteiger partial charge is 0.411 e. The topological polar surface area (TPSA) is 96.4 Å². The average Bonchev–Trinajstić information content (AvgIpc) is 3.01. The predicted molar refractivity (Wildman–Crippen MR) is 84.5 cm³/mol. The quantitative estimate of drug-likeness (QED) is 0.753. The molecule has 0 bridgehead atoms. The molecule has 1 aliphatic heterocycles. The molecule has 1 atom stereocenters. The third kappa shape index (κ3) is 4.83. The van der Waals surface area contributed by atoms with Crippen LogP contribution in [0.15, 0.2) is 28.1 Å². The van der Waals surface area contributed by atoms with Gasteiger partial charge in [-0.15, -0.1) is 0 Å². The molecule has 0 fully saturated rings. The van der Waals surface area contributed by atoms with Crippen molar-refractivity contribution in [3.8, 4) is 0 Å². The van der Waals surface area contributed by atoms with Gasteiger partial charge in [-0.25, -0.2) is 9.78 Å². The standard InChI is InChI=1S/C15H20N4O3/c1-2-3-9-22-15(21)18-12-10-17-13(19-14(12)20)7-6-11-5-4-8-16-11/h4-5,8,10-11H,2-3,6-7,9H2,1H3,(H,18,21)(H,17,19,20). The number of hydrogen-bond donors (Lipinski definition) is 2. The fourth-order valence-corrected chi connectivity index (χ4v) is 1.95. The van der Waals surface area contributed by atoms with Gasteiger partial charge in [0.2, 0.25) is 0 Å². The van der Waals surface area contributed by atoms with Crippen LogP contribution in [0, 0.1) is 0 Å². The Kier molecular flexibility index (Phi) is 5.88. The summed E-state index contributed by atoms with van der Waals surface area (Å²) in [5, 5.41) is 2.39. The van der Waals surface area contributed by atoms with E-state index in [-0.39, 0.29) is 17.3 Å². The van der Waals surface area contributed by atoms with Crippen LogP contribution in [-0.2, 0) is 11.2 Å². The second-order valence-corrected chi connectivity index (χ2v) is 4.98. The van der Waals surface area contributed by atoms with E-state index in [1.54, 1.807) is 6.21 Å². The second kappa shape index (κ2) is 8.11. The highest BCUT2D eigenvalue weighted by molar-refractivity contribution is 5.83. The first-order chi connectivity index (χ1) is 10.7. The molecule has 0 spiro atoms. The largest absolute Gasteiger partial charge is 0.449 e. The van der Waals surface area contributed by atoms with Gasteiger partial charge >= 0.3 is 6.09 Å². The van der Waals surface area contributed by atoms with Gasteiger partial charge in [-0.05, 0) is 18.9 Å². The van der Waals surface area contributed by atoms with Crippen molar-refractivity contribution in [2.75, 3.05) is 11.9 Å². The van der Waals surface area contributed by atoms with E-state index in [4.69, 9.17) is 4.74 Å². The number of unbranched alkanes of at least 4 members (excludes halogenated alkanes) is 1. The number of allylic oxidation sites excluding steroid dienone is 1. The van der Waals surface area contributed by atoms with Crippen LogP contribution < -0.4 is 10.9 Å². The zero-order valence-corrected chi connectivity index (χ0v) is 12.5. The Morgan fingerprint density at radius 1 is 1.50 bits per heavy atom. The summed E-state index contributed by atoms with van der Waals surface area (Å²) in [6.07, 6.45) is 9.49. The predicted octanol–water partition coefficient (Wildman–Crippen LogP) is 2.06. The molecule has 7 heteroatoms. The van der Waals surface area contributed by atoms with Crippen molar-refractivity contribution in [1.29, 1.82) is 0 Å². The molecule has 7 nitrogen and oxygen atoms in total. The molecule has 1 aliphatic rings. The molecule has 1 amide bonds. The number of nitrogens with zero attached hydrogens (tertiary/aromatic N) is 2. The molecule has 2 heterocycles. The number of H-pyrrole nitrogens is 1. The van der Waals surface area contributed by atoms with Crippen molar-refractivity contribution in [2.45, 2.75) is 38.6 Å². The van der Waals surface area contributed by atoms with Crippen LogP contribution in [0.3, 0.4) is 0 Å². The molecule has 0 aromatic carbocycles. The first-order valence-corrected chi connectivity index (χ1v) is 7.41. The first-order valence-electron chi connectivity index (χ1n) is 7.41. The number of hydrogen-bond acceptors (Lipinski definition) is 5. The van der Waals surface area contributed by atoms with E-state index in [0.29, 0.717) is 18.9 Å². The molecule has 0 saturated carbocycles. The van der Waals surface area contributed by atoms with E-state index < -0.39 is 6.09 Å². The fraction of sp³-hybridized carbons (Fsp3) is 0.467. The van der Waals surface area contributed by atoms with E-state index in [2.05, 4.69) is 20.3 Å². The van der Waals surface area contributed by atoms with Crippen LogP contribution in [0.25, 0.3) is 0 Å². The lowest BCUT2D eigenvalue weighted by Gasteiger charge is -2.07. The normalized spacial score (nSPS) is 16.0. The summed E-state index contributed by atoms with van der Waals surface area (Å²) in [6, 6.07) is 0.150. The maximum Gasteiger partial charge on any atom is 0.411 e. The Labute approximate surface area is 128 Å². The molecule has 1 unspecified atom stereocenters. The highest BCUT2D eigenvalue weighted by atomic mass is 16.5. The SMILES string of the molecule is CCCCOC(=O)Nc1cnc(CCC2C=CC=N2)[nH]c1=O. The number of carbonyl (C=O) groups is 1. The number of aromatic nitrogens is 2. The number of aliphatic imine (C=N–C) groups is 1. The number of carbonyl (C=O) groups excluding carboxylic acids is 1. The van der Waals surface area contributed by atoms with Crippen molar-refractivity contribution < 1.29 is 9.53 Å². The summed E-state index contributed by atoms with van der Waals surface area (Å²) < 4.78 is 4.93. The minimum absolute atomic E-state index is 0.0871. The molecule has 2 rings (SSSR count). The van der Waals surface area contributed by atoms with Gasteiger partial charge in [0.05, 0.1) is 18.8 Å².